The lowest BCUT2D eigenvalue weighted by Gasteiger charge is -2.08. The topological polar surface area (TPSA) is 64.7 Å². The number of quaternary nitrogens is 1. The van der Waals surface area contributed by atoms with E-state index < -0.39 is 13.8 Å². The number of allylic oxidation sites excluding steroid dienone is 1. The molecule has 0 amide bonds. The van der Waals surface area contributed by atoms with Crippen molar-refractivity contribution in [3.05, 3.63) is 24.1 Å². The normalized spacial score (nSPS) is 8.14. The van der Waals surface area contributed by atoms with Crippen LogP contribution >= 0.6 is 13.8 Å². The maximum atomic E-state index is 7.51. The van der Waals surface area contributed by atoms with E-state index in [9.17, 15) is 0 Å². The molecule has 0 radical (unpaired) electrons. The van der Waals surface area contributed by atoms with Gasteiger partial charge in [0.2, 0.25) is 6.54 Å². The molecule has 0 aromatic rings. The summed E-state index contributed by atoms with van der Waals surface area (Å²) in [6, 6.07) is 1.69. The first-order chi connectivity index (χ1) is 7.97. The van der Waals surface area contributed by atoms with Gasteiger partial charge in [0, 0.05) is 12.5 Å². The monoisotopic (exact) mass is 336 g/mol. The second-order valence-corrected chi connectivity index (χ2v) is 14.4. The van der Waals surface area contributed by atoms with Crippen molar-refractivity contribution in [2.45, 2.75) is 21.3 Å². The van der Waals surface area contributed by atoms with Gasteiger partial charge in [-0.1, -0.05) is 21.4 Å². The lowest BCUT2D eigenvalue weighted by molar-refractivity contribution is 1.04. The zero-order valence-electron chi connectivity index (χ0n) is 13.6. The van der Waals surface area contributed by atoms with Crippen molar-refractivity contribution in [2.75, 3.05) is 46.0 Å². The molecule has 0 saturated heterocycles. The molecular formula is C16H40N3P2+. The summed E-state index contributed by atoms with van der Waals surface area (Å²) in [5.74, 6) is 0. The first-order valence-corrected chi connectivity index (χ1v) is 12.0. The third-order valence-corrected chi connectivity index (χ3v) is 2.65. The fourth-order valence-corrected chi connectivity index (χ4v) is 1.58. The van der Waals surface area contributed by atoms with Gasteiger partial charge in [0.05, 0.1) is 6.07 Å². The van der Waals surface area contributed by atoms with Gasteiger partial charge in [-0.2, -0.15) is 5.26 Å². The molecular weight excluding hydrogens is 296 g/mol. The fourth-order valence-electron chi connectivity index (χ4n) is 0.578. The van der Waals surface area contributed by atoms with Crippen LogP contribution < -0.4 is 6.15 Å². The summed E-state index contributed by atoms with van der Waals surface area (Å²) in [6.07, 6.45) is 11.3. The average molecular weight is 336 g/mol. The first-order valence-electron chi connectivity index (χ1n) is 5.65. The molecule has 0 aromatic carbocycles. The van der Waals surface area contributed by atoms with Crippen LogP contribution in [0.4, 0.5) is 0 Å². The minimum absolute atomic E-state index is 0. The van der Waals surface area contributed by atoms with Crippen LogP contribution in [0.1, 0.15) is 21.3 Å². The Bertz CT molecular complexity index is 367. The number of nitrogens with zero attached hydrogens (tertiary/aromatic N) is 2. The Morgan fingerprint density at radius 3 is 1.57 bits per heavy atom. The molecule has 0 spiro atoms. The molecule has 0 bridgehead atoms. The van der Waals surface area contributed by atoms with E-state index in [1.54, 1.807) is 6.07 Å². The van der Waals surface area contributed by atoms with Gasteiger partial charge >= 0.3 is 0 Å². The van der Waals surface area contributed by atoms with Crippen molar-refractivity contribution < 1.29 is 0 Å². The summed E-state index contributed by atoms with van der Waals surface area (Å²) < 4.78 is 0. The molecule has 4 N–H and O–H groups in total. The summed E-state index contributed by atoms with van der Waals surface area (Å²) >= 11 is 0. The van der Waals surface area contributed by atoms with Gasteiger partial charge in [-0.15, -0.1) is 26.4 Å². The predicted molar refractivity (Wildman–Crippen MR) is 114 cm³/mol. The molecule has 0 aliphatic rings. The van der Waals surface area contributed by atoms with E-state index in [1.807, 2.05) is 0 Å². The second-order valence-electron chi connectivity index (χ2n) is 5.52. The Labute approximate surface area is 135 Å². The molecule has 0 fully saturated rings. The molecule has 0 atom stereocenters. The van der Waals surface area contributed by atoms with E-state index in [-0.39, 0.29) is 21.0 Å². The van der Waals surface area contributed by atoms with Crippen LogP contribution in [-0.4, -0.2) is 58.6 Å². The lowest BCUT2D eigenvalue weighted by atomic mass is 10.5. The van der Waals surface area contributed by atoms with Gasteiger partial charge in [0.1, 0.15) is 0 Å². The van der Waals surface area contributed by atoms with E-state index in [1.165, 1.54) is 6.08 Å². The quantitative estimate of drug-likeness (QED) is 0.306. The zero-order chi connectivity index (χ0) is 15.2. The molecule has 0 aliphatic carbocycles. The number of hydrogen-bond acceptors (Lipinski definition) is 1. The molecule has 3 nitrogen and oxygen atoms in total. The summed E-state index contributed by atoms with van der Waals surface area (Å²) in [4.78, 5) is 3.28. The molecule has 0 unspecified atom stereocenters. The Hall–Kier alpha value is -0.720. The Kier molecular flexibility index (Phi) is 38.0. The van der Waals surface area contributed by atoms with Gasteiger partial charge in [-0.25, -0.2) is 6.57 Å². The predicted octanol–water partition coefficient (Wildman–Crippen LogP) is 5.67. The number of hydrogen-bond donors (Lipinski definition) is 1. The molecule has 128 valence electrons. The first kappa shape index (κ1) is 37.0. The molecule has 21 heavy (non-hydrogen) atoms. The minimum atomic E-state index is -0.839. The highest BCUT2D eigenvalue weighted by Gasteiger charge is 1.98. The van der Waals surface area contributed by atoms with Crippen molar-refractivity contribution in [3.8, 4) is 6.07 Å². The average Bonchev–Trinajstić information content (AvgIpc) is 2.14. The van der Waals surface area contributed by atoms with Crippen molar-refractivity contribution in [3.63, 3.8) is 0 Å². The highest BCUT2D eigenvalue weighted by molar-refractivity contribution is 7.72. The molecule has 0 heterocycles. The van der Waals surface area contributed by atoms with Crippen LogP contribution in [0.25, 0.3) is 4.85 Å². The molecule has 0 saturated carbocycles. The molecule has 0 aromatic heterocycles. The highest BCUT2D eigenvalue weighted by Crippen LogP contribution is 2.35. The van der Waals surface area contributed by atoms with E-state index >= 15 is 0 Å². The summed E-state index contributed by atoms with van der Waals surface area (Å²) in [5.41, 5.74) is 0. The van der Waals surface area contributed by atoms with Gasteiger partial charge in [0.25, 0.3) is 0 Å². The van der Waals surface area contributed by atoms with Crippen LogP contribution in [0, 0.1) is 17.9 Å². The Morgan fingerprint density at radius 2 is 1.43 bits per heavy atom. The highest BCUT2D eigenvalue weighted by atomic mass is 31.2. The van der Waals surface area contributed by atoms with Crippen LogP contribution in [0.15, 0.2) is 12.7 Å². The number of nitriles is 1. The third-order valence-electron chi connectivity index (χ3n) is 1.12. The van der Waals surface area contributed by atoms with E-state index in [0.717, 1.165) is 12.6 Å². The lowest BCUT2D eigenvalue weighted by Crippen LogP contribution is -1.87. The van der Waals surface area contributed by atoms with Gasteiger partial charge < -0.3 is 11.0 Å². The van der Waals surface area contributed by atoms with Crippen LogP contribution in [-0.2, 0) is 0 Å². The Morgan fingerprint density at radius 1 is 1.14 bits per heavy atom. The van der Waals surface area contributed by atoms with Crippen molar-refractivity contribution in [2.24, 2.45) is 0 Å². The van der Waals surface area contributed by atoms with Crippen LogP contribution in [0.5, 0.6) is 0 Å². The number of rotatable bonds is 3. The minimum Gasteiger partial charge on any atom is -0.369 e. The van der Waals surface area contributed by atoms with Crippen LogP contribution in [0.3, 0.4) is 0 Å². The van der Waals surface area contributed by atoms with E-state index in [4.69, 9.17) is 11.8 Å². The van der Waals surface area contributed by atoms with E-state index in [2.05, 4.69) is 57.3 Å². The summed E-state index contributed by atoms with van der Waals surface area (Å²) in [6.45, 7) is 19.8. The largest absolute Gasteiger partial charge is 0.369 e. The SMILES string of the molecule is C.C.C=CC#N.C=P(C)(C)C.[C-]#[N+]CCCP(=C)(C)C.[NH4+]. The molecule has 0 rings (SSSR count). The zero-order valence-corrected chi connectivity index (χ0v) is 15.4. The smallest absolute Gasteiger partial charge is 0.215 e. The molecule has 0 aliphatic heterocycles. The van der Waals surface area contributed by atoms with Gasteiger partial charge in [0.15, 0.2) is 0 Å². The van der Waals surface area contributed by atoms with Gasteiger partial charge in [-0.3, -0.25) is 0 Å². The standard InChI is InChI=1S/C7H14NP.C4H11P.C3H3N.2CH4.H3N/c1-8-6-5-7-9(2,3)4;1-5(2,3)4;1-2-3-4;;;/h2,5-7H2,3-4H3;1H2,2-4H3;2H,1H2;2*1H4;1H3/p+1. The summed E-state index contributed by atoms with van der Waals surface area (Å²) in [7, 11) is 0. The third kappa shape index (κ3) is 146. The van der Waals surface area contributed by atoms with Crippen molar-refractivity contribution in [1.29, 1.82) is 5.26 Å². The van der Waals surface area contributed by atoms with Crippen molar-refractivity contribution in [1.82, 2.24) is 6.15 Å². The maximum Gasteiger partial charge on any atom is 0.215 e. The fraction of sp³-hybridized carbons (Fsp3) is 0.625. The molecule has 5 heteroatoms. The van der Waals surface area contributed by atoms with Gasteiger partial charge in [-0.05, 0) is 39.5 Å². The van der Waals surface area contributed by atoms with E-state index in [0.29, 0.717) is 6.54 Å². The Balaban J connectivity index is -0.0000000410. The summed E-state index contributed by atoms with van der Waals surface area (Å²) in [5, 5.41) is 7.51. The maximum absolute atomic E-state index is 7.51. The van der Waals surface area contributed by atoms with Crippen LogP contribution in [0.2, 0.25) is 0 Å². The van der Waals surface area contributed by atoms with Crippen molar-refractivity contribution >= 4 is 26.4 Å². The second kappa shape index (κ2) is 21.6.